The van der Waals surface area contributed by atoms with E-state index in [4.69, 9.17) is 4.74 Å². The fraction of sp³-hybridized carbons (Fsp3) is 0.471. The Hall–Kier alpha value is -2.97. The number of ether oxygens (including phenoxy) is 1. The zero-order valence-electron chi connectivity index (χ0n) is 15.2. The molecule has 0 spiro atoms. The van der Waals surface area contributed by atoms with E-state index in [1.165, 1.54) is 0 Å². The molecular formula is C17H22N8O. The van der Waals surface area contributed by atoms with Gasteiger partial charge in [0.25, 0.3) is 0 Å². The van der Waals surface area contributed by atoms with Gasteiger partial charge in [0.15, 0.2) is 11.5 Å². The van der Waals surface area contributed by atoms with Crippen molar-refractivity contribution in [3.63, 3.8) is 0 Å². The molecule has 136 valence electrons. The third-order valence-electron chi connectivity index (χ3n) is 4.68. The Bertz CT molecular complexity index is 901. The Morgan fingerprint density at radius 3 is 2.65 bits per heavy atom. The Labute approximate surface area is 151 Å². The summed E-state index contributed by atoms with van der Waals surface area (Å²) in [6.45, 7) is 1.82. The number of hydrogen-bond donors (Lipinski definition) is 0. The average molecular weight is 354 g/mol. The van der Waals surface area contributed by atoms with Gasteiger partial charge in [-0.15, -0.1) is 15.3 Å². The smallest absolute Gasteiger partial charge is 0.231 e. The summed E-state index contributed by atoms with van der Waals surface area (Å²) in [4.78, 5) is 13.1. The number of anilines is 2. The van der Waals surface area contributed by atoms with Crippen LogP contribution in [0.1, 0.15) is 24.6 Å². The van der Waals surface area contributed by atoms with Crippen molar-refractivity contribution in [1.29, 1.82) is 0 Å². The van der Waals surface area contributed by atoms with Gasteiger partial charge in [0, 0.05) is 45.4 Å². The zero-order chi connectivity index (χ0) is 18.1. The molecule has 26 heavy (non-hydrogen) atoms. The van der Waals surface area contributed by atoms with Gasteiger partial charge in [-0.3, -0.25) is 0 Å². The predicted molar refractivity (Wildman–Crippen MR) is 97.9 cm³/mol. The molecule has 0 saturated carbocycles. The summed E-state index contributed by atoms with van der Waals surface area (Å²) in [5, 5.41) is 13.1. The maximum atomic E-state index is 5.23. The Kier molecular flexibility index (Phi) is 4.27. The van der Waals surface area contributed by atoms with Crippen LogP contribution in [0.15, 0.2) is 24.4 Å². The van der Waals surface area contributed by atoms with E-state index in [9.17, 15) is 0 Å². The molecule has 4 rings (SSSR count). The van der Waals surface area contributed by atoms with Crippen molar-refractivity contribution in [1.82, 2.24) is 29.8 Å². The SMILES string of the molecule is COc1ccc2nnc(C3CCN(c4ccnc(N(C)C)n4)CC3)n2n1. The molecule has 1 fully saturated rings. The van der Waals surface area contributed by atoms with Gasteiger partial charge in [-0.1, -0.05) is 0 Å². The highest BCUT2D eigenvalue weighted by Crippen LogP contribution is 2.29. The highest BCUT2D eigenvalue weighted by atomic mass is 16.5. The first kappa shape index (κ1) is 16.5. The first-order valence-electron chi connectivity index (χ1n) is 8.67. The van der Waals surface area contributed by atoms with E-state index in [2.05, 4.69) is 30.2 Å². The molecule has 0 aromatic carbocycles. The van der Waals surface area contributed by atoms with E-state index < -0.39 is 0 Å². The van der Waals surface area contributed by atoms with Crippen LogP contribution >= 0.6 is 0 Å². The molecule has 9 nitrogen and oxygen atoms in total. The van der Waals surface area contributed by atoms with Gasteiger partial charge >= 0.3 is 0 Å². The van der Waals surface area contributed by atoms with Crippen LogP contribution in [0, 0.1) is 0 Å². The molecule has 0 aliphatic carbocycles. The number of nitrogens with zero attached hydrogens (tertiary/aromatic N) is 8. The summed E-state index contributed by atoms with van der Waals surface area (Å²) in [6, 6.07) is 5.64. The van der Waals surface area contributed by atoms with Crippen LogP contribution in [0.25, 0.3) is 5.65 Å². The standard InChI is InChI=1S/C17H22N8O/c1-23(2)17-18-9-6-13(19-17)24-10-7-12(8-11-24)16-21-20-14-4-5-15(26-3)22-25(14)16/h4-6,9,12H,7-8,10-11H2,1-3H3. The lowest BCUT2D eigenvalue weighted by molar-refractivity contribution is 0.387. The van der Waals surface area contributed by atoms with Crippen LogP contribution < -0.4 is 14.5 Å². The van der Waals surface area contributed by atoms with Crippen LogP contribution in [0.4, 0.5) is 11.8 Å². The molecule has 3 aromatic heterocycles. The Balaban J connectivity index is 1.51. The van der Waals surface area contributed by atoms with Gasteiger partial charge in [-0.25, -0.2) is 4.98 Å². The van der Waals surface area contributed by atoms with Gasteiger partial charge in [0.1, 0.15) is 5.82 Å². The summed E-state index contributed by atoms with van der Waals surface area (Å²) < 4.78 is 7.03. The van der Waals surface area contributed by atoms with E-state index in [0.29, 0.717) is 11.8 Å². The molecule has 3 aromatic rings. The van der Waals surface area contributed by atoms with Crippen molar-refractivity contribution in [2.45, 2.75) is 18.8 Å². The summed E-state index contributed by atoms with van der Waals surface area (Å²) in [5.74, 6) is 3.47. The monoisotopic (exact) mass is 354 g/mol. The molecule has 0 N–H and O–H groups in total. The van der Waals surface area contributed by atoms with Crippen LogP contribution in [-0.2, 0) is 0 Å². The summed E-state index contributed by atoms with van der Waals surface area (Å²) in [5.41, 5.74) is 0.745. The van der Waals surface area contributed by atoms with Crippen molar-refractivity contribution in [3.8, 4) is 5.88 Å². The third kappa shape index (κ3) is 3.00. The minimum absolute atomic E-state index is 0.316. The van der Waals surface area contributed by atoms with Crippen molar-refractivity contribution >= 4 is 17.4 Å². The Morgan fingerprint density at radius 2 is 1.92 bits per heavy atom. The summed E-state index contributed by atoms with van der Waals surface area (Å²) >= 11 is 0. The molecule has 1 saturated heterocycles. The van der Waals surface area contributed by atoms with Crippen molar-refractivity contribution in [2.24, 2.45) is 0 Å². The van der Waals surface area contributed by atoms with E-state index in [1.54, 1.807) is 17.7 Å². The lowest BCUT2D eigenvalue weighted by Crippen LogP contribution is -2.34. The number of piperidine rings is 1. The fourth-order valence-corrected chi connectivity index (χ4v) is 3.25. The minimum Gasteiger partial charge on any atom is -0.480 e. The third-order valence-corrected chi connectivity index (χ3v) is 4.68. The van der Waals surface area contributed by atoms with E-state index in [0.717, 1.165) is 49.2 Å². The van der Waals surface area contributed by atoms with Gasteiger partial charge in [-0.2, -0.15) is 9.50 Å². The van der Waals surface area contributed by atoms with E-state index >= 15 is 0 Å². The zero-order valence-corrected chi connectivity index (χ0v) is 15.2. The van der Waals surface area contributed by atoms with Gasteiger partial charge < -0.3 is 14.5 Å². The molecular weight excluding hydrogens is 332 g/mol. The molecule has 1 aliphatic rings. The van der Waals surface area contributed by atoms with Crippen LogP contribution in [0.2, 0.25) is 0 Å². The fourth-order valence-electron chi connectivity index (χ4n) is 3.25. The molecule has 0 bridgehead atoms. The first-order chi connectivity index (χ1) is 12.7. The maximum Gasteiger partial charge on any atom is 0.231 e. The highest BCUT2D eigenvalue weighted by molar-refractivity contribution is 5.44. The van der Waals surface area contributed by atoms with Crippen LogP contribution in [0.5, 0.6) is 5.88 Å². The molecule has 1 aliphatic heterocycles. The quantitative estimate of drug-likeness (QED) is 0.695. The molecule has 0 radical (unpaired) electrons. The normalized spacial score (nSPS) is 15.4. The van der Waals surface area contributed by atoms with Gasteiger partial charge in [0.05, 0.1) is 7.11 Å². The van der Waals surface area contributed by atoms with Crippen molar-refractivity contribution < 1.29 is 4.74 Å². The van der Waals surface area contributed by atoms with Crippen molar-refractivity contribution in [3.05, 3.63) is 30.2 Å². The summed E-state index contributed by atoms with van der Waals surface area (Å²) in [7, 11) is 5.51. The van der Waals surface area contributed by atoms with Gasteiger partial charge in [0.2, 0.25) is 11.8 Å². The lowest BCUT2D eigenvalue weighted by Gasteiger charge is -2.32. The topological polar surface area (TPSA) is 84.6 Å². The number of hydrogen-bond acceptors (Lipinski definition) is 8. The second-order valence-corrected chi connectivity index (χ2v) is 6.57. The molecule has 9 heteroatoms. The molecule has 0 amide bonds. The minimum atomic E-state index is 0.316. The second kappa shape index (κ2) is 6.74. The average Bonchev–Trinajstić information content (AvgIpc) is 3.11. The van der Waals surface area contributed by atoms with Crippen LogP contribution in [0.3, 0.4) is 0 Å². The van der Waals surface area contributed by atoms with Crippen molar-refractivity contribution in [2.75, 3.05) is 44.1 Å². The number of rotatable bonds is 4. The number of methoxy groups -OCH3 is 1. The molecule has 4 heterocycles. The van der Waals surface area contributed by atoms with E-state index in [1.807, 2.05) is 37.3 Å². The number of aromatic nitrogens is 6. The lowest BCUT2D eigenvalue weighted by atomic mass is 9.96. The molecule has 0 unspecified atom stereocenters. The first-order valence-corrected chi connectivity index (χ1v) is 8.67. The largest absolute Gasteiger partial charge is 0.480 e. The summed E-state index contributed by atoms with van der Waals surface area (Å²) in [6.07, 6.45) is 3.76. The number of fused-ring (bicyclic) bond motifs is 1. The highest BCUT2D eigenvalue weighted by Gasteiger charge is 2.26. The molecule has 0 atom stereocenters. The maximum absolute atomic E-state index is 5.23. The van der Waals surface area contributed by atoms with Crippen LogP contribution in [-0.4, -0.2) is 64.1 Å². The second-order valence-electron chi connectivity index (χ2n) is 6.57. The predicted octanol–water partition coefficient (Wildman–Crippen LogP) is 1.37. The van der Waals surface area contributed by atoms with E-state index in [-0.39, 0.29) is 0 Å². The van der Waals surface area contributed by atoms with Gasteiger partial charge in [-0.05, 0) is 25.0 Å². The Morgan fingerprint density at radius 1 is 1.12 bits per heavy atom.